The lowest BCUT2D eigenvalue weighted by Gasteiger charge is -2.18. The van der Waals surface area contributed by atoms with Crippen molar-refractivity contribution in [1.82, 2.24) is 4.90 Å². The Bertz CT molecular complexity index is 694. The van der Waals surface area contributed by atoms with Crippen LogP contribution in [0.2, 0.25) is 0 Å². The van der Waals surface area contributed by atoms with Crippen LogP contribution in [0.25, 0.3) is 0 Å². The molecule has 4 nitrogen and oxygen atoms in total. The highest BCUT2D eigenvalue weighted by Crippen LogP contribution is 2.26. The van der Waals surface area contributed by atoms with Crippen LogP contribution >= 0.6 is 15.9 Å². The van der Waals surface area contributed by atoms with E-state index in [0.717, 1.165) is 9.37 Å². The summed E-state index contributed by atoms with van der Waals surface area (Å²) in [5.41, 5.74) is 1.44. The lowest BCUT2D eigenvalue weighted by atomic mass is 10.1. The van der Waals surface area contributed by atoms with Gasteiger partial charge in [-0.1, -0.05) is 40.2 Å². The van der Waals surface area contributed by atoms with Gasteiger partial charge in [0.25, 0.3) is 11.8 Å². The molecule has 0 aliphatic carbocycles. The normalized spacial score (nSPS) is 15.2. The third-order valence-corrected chi connectivity index (χ3v) is 3.96. The quantitative estimate of drug-likeness (QED) is 0.870. The van der Waals surface area contributed by atoms with Gasteiger partial charge in [0.2, 0.25) is 0 Å². The largest absolute Gasteiger partial charge is 0.387 e. The number of nitrogens with zero attached hydrogens (tertiary/aromatic N) is 1. The van der Waals surface area contributed by atoms with Crippen molar-refractivity contribution in [1.29, 1.82) is 0 Å². The van der Waals surface area contributed by atoms with Crippen molar-refractivity contribution in [3.8, 4) is 0 Å². The molecule has 1 aliphatic heterocycles. The Kier molecular flexibility index (Phi) is 3.61. The molecule has 5 heteroatoms. The Morgan fingerprint density at radius 3 is 2.19 bits per heavy atom. The van der Waals surface area contributed by atoms with Gasteiger partial charge in [0.15, 0.2) is 0 Å². The summed E-state index contributed by atoms with van der Waals surface area (Å²) in [6.07, 6.45) is -0.912. The summed E-state index contributed by atoms with van der Waals surface area (Å²) < 4.78 is 0.835. The first-order valence-corrected chi connectivity index (χ1v) is 7.26. The van der Waals surface area contributed by atoms with Crippen LogP contribution in [0, 0.1) is 0 Å². The molecule has 1 heterocycles. The predicted molar refractivity (Wildman–Crippen MR) is 80.9 cm³/mol. The fraction of sp³-hybridized carbons (Fsp3) is 0.125. The molecule has 1 N–H and O–H groups in total. The molecule has 2 aromatic rings. The van der Waals surface area contributed by atoms with E-state index in [9.17, 15) is 14.7 Å². The number of benzene rings is 2. The van der Waals surface area contributed by atoms with E-state index < -0.39 is 6.10 Å². The number of aliphatic hydroxyl groups is 1. The van der Waals surface area contributed by atoms with Gasteiger partial charge in [-0.15, -0.1) is 0 Å². The van der Waals surface area contributed by atoms with Crippen LogP contribution in [0.15, 0.2) is 53.0 Å². The second kappa shape index (κ2) is 5.42. The highest BCUT2D eigenvalue weighted by molar-refractivity contribution is 9.10. The van der Waals surface area contributed by atoms with Gasteiger partial charge in [0, 0.05) is 4.47 Å². The Balaban J connectivity index is 1.84. The first-order chi connectivity index (χ1) is 10.1. The molecule has 21 heavy (non-hydrogen) atoms. The molecule has 0 aromatic heterocycles. The monoisotopic (exact) mass is 345 g/mol. The number of hydrogen-bond acceptors (Lipinski definition) is 3. The van der Waals surface area contributed by atoms with Gasteiger partial charge in [-0.3, -0.25) is 14.5 Å². The van der Waals surface area contributed by atoms with E-state index in [-0.39, 0.29) is 18.4 Å². The molecule has 0 radical (unpaired) electrons. The summed E-state index contributed by atoms with van der Waals surface area (Å²) >= 11 is 3.33. The molecule has 0 fully saturated rings. The van der Waals surface area contributed by atoms with Gasteiger partial charge in [0.1, 0.15) is 0 Å². The maximum absolute atomic E-state index is 12.2. The van der Waals surface area contributed by atoms with Crippen molar-refractivity contribution >= 4 is 27.7 Å². The highest BCUT2D eigenvalue weighted by atomic mass is 79.9. The van der Waals surface area contributed by atoms with Crippen LogP contribution in [0.1, 0.15) is 32.4 Å². The van der Waals surface area contributed by atoms with Gasteiger partial charge in [0.05, 0.1) is 23.8 Å². The van der Waals surface area contributed by atoms with Crippen molar-refractivity contribution in [2.24, 2.45) is 0 Å². The third-order valence-electron chi connectivity index (χ3n) is 3.47. The molecule has 1 atom stereocenters. The van der Waals surface area contributed by atoms with E-state index >= 15 is 0 Å². The zero-order chi connectivity index (χ0) is 15.0. The van der Waals surface area contributed by atoms with Gasteiger partial charge < -0.3 is 5.11 Å². The number of fused-ring (bicyclic) bond motifs is 1. The number of amides is 2. The molecule has 106 valence electrons. The van der Waals surface area contributed by atoms with Gasteiger partial charge in [-0.2, -0.15) is 0 Å². The first kappa shape index (κ1) is 14.0. The molecule has 1 unspecified atom stereocenters. The number of carbonyl (C=O) groups excluding carboxylic acids is 2. The number of imide groups is 1. The van der Waals surface area contributed by atoms with E-state index in [4.69, 9.17) is 0 Å². The number of halogens is 1. The van der Waals surface area contributed by atoms with Crippen molar-refractivity contribution in [3.05, 3.63) is 69.7 Å². The SMILES string of the molecule is O=C1c2ccccc2C(=O)N1CC(O)c1cccc(Br)c1. The molecular weight excluding hydrogens is 334 g/mol. The van der Waals surface area contributed by atoms with Crippen LogP contribution in [0.4, 0.5) is 0 Å². The zero-order valence-corrected chi connectivity index (χ0v) is 12.6. The van der Waals surface area contributed by atoms with Gasteiger partial charge in [-0.05, 0) is 29.8 Å². The molecule has 3 rings (SSSR count). The van der Waals surface area contributed by atoms with E-state index in [1.807, 2.05) is 6.07 Å². The number of hydrogen-bond donors (Lipinski definition) is 1. The van der Waals surface area contributed by atoms with Crippen molar-refractivity contribution < 1.29 is 14.7 Å². The summed E-state index contributed by atoms with van der Waals surface area (Å²) in [7, 11) is 0. The minimum atomic E-state index is -0.912. The minimum absolute atomic E-state index is 0.0528. The fourth-order valence-corrected chi connectivity index (χ4v) is 2.81. The second-order valence-corrected chi connectivity index (χ2v) is 5.75. The lowest BCUT2D eigenvalue weighted by molar-refractivity contribution is 0.0543. The fourth-order valence-electron chi connectivity index (χ4n) is 2.40. The van der Waals surface area contributed by atoms with Gasteiger partial charge >= 0.3 is 0 Å². The number of aliphatic hydroxyl groups excluding tert-OH is 1. The summed E-state index contributed by atoms with van der Waals surface area (Å²) in [4.78, 5) is 25.5. The molecule has 2 aromatic carbocycles. The van der Waals surface area contributed by atoms with E-state index in [2.05, 4.69) is 15.9 Å². The van der Waals surface area contributed by atoms with Crippen LogP contribution in [0.5, 0.6) is 0 Å². The van der Waals surface area contributed by atoms with Crippen molar-refractivity contribution in [3.63, 3.8) is 0 Å². The van der Waals surface area contributed by atoms with E-state index in [1.165, 1.54) is 0 Å². The predicted octanol–water partition coefficient (Wildman–Crippen LogP) is 2.78. The highest BCUT2D eigenvalue weighted by Gasteiger charge is 2.36. The molecule has 0 spiro atoms. The molecule has 1 aliphatic rings. The van der Waals surface area contributed by atoms with Gasteiger partial charge in [-0.25, -0.2) is 0 Å². The Morgan fingerprint density at radius 2 is 1.62 bits per heavy atom. The first-order valence-electron chi connectivity index (χ1n) is 6.46. The standard InChI is InChI=1S/C16H12BrNO3/c17-11-5-3-4-10(8-11)14(19)9-18-15(20)12-6-1-2-7-13(12)16(18)21/h1-8,14,19H,9H2. The van der Waals surface area contributed by atoms with Crippen LogP contribution in [-0.2, 0) is 0 Å². The van der Waals surface area contributed by atoms with E-state index in [1.54, 1.807) is 42.5 Å². The van der Waals surface area contributed by atoms with Crippen LogP contribution in [-0.4, -0.2) is 28.4 Å². The summed E-state index contributed by atoms with van der Waals surface area (Å²) in [6, 6.07) is 13.9. The Morgan fingerprint density at radius 1 is 1.00 bits per heavy atom. The molecular formula is C16H12BrNO3. The Hall–Kier alpha value is -1.98. The number of β-amino-alcohol motifs (C(OH)–C–C–N with tert-alkyl or cyclic N) is 1. The summed E-state index contributed by atoms with van der Waals surface area (Å²) in [6.45, 7) is -0.0528. The van der Waals surface area contributed by atoms with Crippen molar-refractivity contribution in [2.45, 2.75) is 6.10 Å². The molecule has 2 amide bonds. The Labute approximate surface area is 130 Å². The van der Waals surface area contributed by atoms with Crippen molar-refractivity contribution in [2.75, 3.05) is 6.54 Å². The average molecular weight is 346 g/mol. The minimum Gasteiger partial charge on any atom is -0.387 e. The van der Waals surface area contributed by atoms with Crippen LogP contribution < -0.4 is 0 Å². The van der Waals surface area contributed by atoms with Crippen LogP contribution in [0.3, 0.4) is 0 Å². The topological polar surface area (TPSA) is 57.6 Å². The maximum Gasteiger partial charge on any atom is 0.261 e. The smallest absolute Gasteiger partial charge is 0.261 e. The molecule has 0 bridgehead atoms. The lowest BCUT2D eigenvalue weighted by Crippen LogP contribution is -2.33. The summed E-state index contributed by atoms with van der Waals surface area (Å²) in [5, 5.41) is 10.3. The third kappa shape index (κ3) is 2.50. The van der Waals surface area contributed by atoms with E-state index in [0.29, 0.717) is 16.7 Å². The number of rotatable bonds is 3. The second-order valence-electron chi connectivity index (χ2n) is 4.84. The summed E-state index contributed by atoms with van der Waals surface area (Å²) in [5.74, 6) is -0.714. The maximum atomic E-state index is 12.2. The molecule has 0 saturated carbocycles. The molecule has 0 saturated heterocycles. The zero-order valence-electron chi connectivity index (χ0n) is 11.0. The average Bonchev–Trinajstić information content (AvgIpc) is 2.73. The number of carbonyl (C=O) groups is 2.